The molecule has 4 heterocycles. The van der Waals surface area contributed by atoms with Crippen LogP contribution in [0.3, 0.4) is 0 Å². The van der Waals surface area contributed by atoms with Gasteiger partial charge in [-0.1, -0.05) is 104 Å². The summed E-state index contributed by atoms with van der Waals surface area (Å²) in [5.74, 6) is -0.608. The molecule has 0 spiro atoms. The van der Waals surface area contributed by atoms with Crippen molar-refractivity contribution in [2.75, 3.05) is 0 Å². The summed E-state index contributed by atoms with van der Waals surface area (Å²) in [5, 5.41) is 1.50. The van der Waals surface area contributed by atoms with Crippen molar-refractivity contribution in [3.63, 3.8) is 0 Å². The predicted octanol–water partition coefficient (Wildman–Crippen LogP) is 10.9. The van der Waals surface area contributed by atoms with Gasteiger partial charge in [0.1, 0.15) is 0 Å². The van der Waals surface area contributed by atoms with Gasteiger partial charge in [0.2, 0.25) is 5.71 Å². The van der Waals surface area contributed by atoms with Crippen LogP contribution < -0.4 is 5.19 Å². The quantitative estimate of drug-likeness (QED) is 0.123. The Morgan fingerprint density at radius 3 is 2.29 bits per heavy atom. The molecule has 0 fully saturated rings. The molecule has 0 saturated heterocycles. The van der Waals surface area contributed by atoms with E-state index in [9.17, 15) is 4.39 Å². The molecule has 7 heteroatoms. The summed E-state index contributed by atoms with van der Waals surface area (Å²) >= 11 is 0. The third-order valence-electron chi connectivity index (χ3n) is 8.36. The van der Waals surface area contributed by atoms with Crippen molar-refractivity contribution in [3.05, 3.63) is 168 Å². The Morgan fingerprint density at radius 1 is 0.827 bits per heavy atom. The smallest absolute Gasteiger partial charge is 0.216 e. The first-order valence-electron chi connectivity index (χ1n) is 20.4. The predicted molar refractivity (Wildman–Crippen MR) is 209 cm³/mol. The Bertz CT molecular complexity index is 2780. The molecule has 0 bridgehead atoms. The first-order valence-corrected chi connectivity index (χ1v) is 19.9. The van der Waals surface area contributed by atoms with E-state index in [0.717, 1.165) is 28.1 Å². The molecule has 0 aliphatic heterocycles. The van der Waals surface area contributed by atoms with Gasteiger partial charge in [0, 0.05) is 60.4 Å². The summed E-state index contributed by atoms with van der Waals surface area (Å²) in [6.45, 7) is 1.83. The number of aromatic nitrogens is 3. The molecule has 4 aromatic carbocycles. The Kier molecular flexibility index (Phi) is 8.30. The van der Waals surface area contributed by atoms with Crippen LogP contribution in [0.25, 0.3) is 55.7 Å². The van der Waals surface area contributed by atoms with Crippen molar-refractivity contribution in [1.29, 1.82) is 0 Å². The SMILES string of the molecule is [2H]C([2H])([2H])c1ccc2c(n1)oc1c(-c3cc(-c4ccccc4)c(C([2H])([2H])[2H])cn3)[c-]cc(F)c12.[2H]C([2H])(c1ccccc1)c1cc(-c2[c-]cccc2)ncc1[Si](C)(C)C.[Ir]. The number of benzene rings is 4. The fourth-order valence-electron chi connectivity index (χ4n) is 5.84. The van der Waals surface area contributed by atoms with Crippen LogP contribution in [-0.4, -0.2) is 23.0 Å². The van der Waals surface area contributed by atoms with Crippen molar-refractivity contribution in [2.45, 2.75) is 39.7 Å². The van der Waals surface area contributed by atoms with Gasteiger partial charge in [-0.15, -0.1) is 48.0 Å². The Hall–Kier alpha value is -5.07. The molecule has 1 radical (unpaired) electrons. The van der Waals surface area contributed by atoms with Gasteiger partial charge >= 0.3 is 0 Å². The van der Waals surface area contributed by atoms with Crippen LogP contribution in [0.4, 0.5) is 4.39 Å². The van der Waals surface area contributed by atoms with Crippen molar-refractivity contribution in [1.82, 2.24) is 15.0 Å². The number of aryl methyl sites for hydroxylation is 2. The van der Waals surface area contributed by atoms with Gasteiger partial charge in [-0.2, -0.15) is 0 Å². The van der Waals surface area contributed by atoms with Crippen LogP contribution in [0.1, 0.15) is 33.4 Å². The number of hydrogen-bond acceptors (Lipinski definition) is 4. The maximum Gasteiger partial charge on any atom is 0.216 e. The van der Waals surface area contributed by atoms with Gasteiger partial charge in [-0.05, 0) is 76.4 Å². The fraction of sp³-hybridized carbons (Fsp3) is 0.133. The van der Waals surface area contributed by atoms with Gasteiger partial charge in [-0.3, -0.25) is 4.39 Å². The van der Waals surface area contributed by atoms with E-state index < -0.39 is 34.0 Å². The Labute approximate surface area is 330 Å². The average molecular weight is 884 g/mol. The Balaban J connectivity index is 0.000000207. The van der Waals surface area contributed by atoms with Gasteiger partial charge in [-0.25, -0.2) is 4.98 Å². The zero-order valence-electron chi connectivity index (χ0n) is 36.6. The summed E-state index contributed by atoms with van der Waals surface area (Å²) < 4.78 is 84.7. The van der Waals surface area contributed by atoms with Crippen molar-refractivity contribution in [2.24, 2.45) is 0 Å². The minimum absolute atomic E-state index is 0. The van der Waals surface area contributed by atoms with Gasteiger partial charge in [0.25, 0.3) is 0 Å². The molecule has 0 N–H and O–H groups in total. The van der Waals surface area contributed by atoms with Gasteiger partial charge in [0.05, 0.1) is 13.7 Å². The van der Waals surface area contributed by atoms with E-state index in [-0.39, 0.29) is 48.0 Å². The summed E-state index contributed by atoms with van der Waals surface area (Å²) in [4.78, 5) is 13.0. The van der Waals surface area contributed by atoms with Crippen LogP contribution in [-0.2, 0) is 26.5 Å². The topological polar surface area (TPSA) is 51.8 Å². The first-order chi connectivity index (χ1) is 27.8. The molecular weight excluding hydrogens is 838 g/mol. The molecule has 0 unspecified atom stereocenters. The largest absolute Gasteiger partial charge is 0.486 e. The fourth-order valence-corrected chi connectivity index (χ4v) is 7.23. The second kappa shape index (κ2) is 15.7. The summed E-state index contributed by atoms with van der Waals surface area (Å²) in [6.07, 6.45) is 1.59. The number of furan rings is 1. The number of fused-ring (bicyclic) bond motifs is 3. The van der Waals surface area contributed by atoms with Crippen molar-refractivity contribution < 1.29 is 39.9 Å². The summed E-state index contributed by atoms with van der Waals surface area (Å²) in [7, 11) is -1.76. The standard InChI is InChI=1S/C24H16FN2O.C21H22NSi.Ir/c1-14-13-26-21(12-19(14)16-6-4-3-5-7-16)17-10-11-20(25)22-18-9-8-15(2)27-24(18)28-23(17)22;1-23(2,3)21-16-22-20(18-12-8-5-9-13-18)15-19(21)14-17-10-6-4-7-11-17;/h3-9,11-13H,1-2H3;4-12,15-16H,14H2,1-3H3;/q2*-1;/i1D3,2D3;14D2;. The van der Waals surface area contributed by atoms with Crippen LogP contribution in [0.2, 0.25) is 19.6 Å². The van der Waals surface area contributed by atoms with E-state index in [4.69, 9.17) is 15.4 Å². The molecule has 0 atom stereocenters. The zero-order chi connectivity index (χ0) is 42.3. The van der Waals surface area contributed by atoms with Crippen molar-refractivity contribution >= 4 is 35.3 Å². The normalized spacial score (nSPS) is 14.2. The first kappa shape index (κ1) is 27.6. The maximum atomic E-state index is 14.8. The second-order valence-electron chi connectivity index (χ2n) is 13.0. The van der Waals surface area contributed by atoms with E-state index in [1.165, 1.54) is 18.3 Å². The Morgan fingerprint density at radius 2 is 1.58 bits per heavy atom. The molecule has 8 aromatic rings. The third-order valence-corrected chi connectivity index (χ3v) is 10.4. The maximum absolute atomic E-state index is 14.8. The molecule has 52 heavy (non-hydrogen) atoms. The molecule has 0 aliphatic rings. The molecule has 0 aliphatic carbocycles. The van der Waals surface area contributed by atoms with E-state index in [2.05, 4.69) is 46.7 Å². The van der Waals surface area contributed by atoms with Crippen LogP contribution in [0.5, 0.6) is 0 Å². The third kappa shape index (κ3) is 7.87. The molecule has 0 saturated carbocycles. The summed E-state index contributed by atoms with van der Waals surface area (Å²) in [5.41, 5.74) is 4.79. The van der Waals surface area contributed by atoms with E-state index in [1.807, 2.05) is 72.9 Å². The number of rotatable bonds is 6. The van der Waals surface area contributed by atoms with Crippen LogP contribution >= 0.6 is 0 Å². The molecule has 4 aromatic heterocycles. The minimum Gasteiger partial charge on any atom is -0.486 e. The average Bonchev–Trinajstić information content (AvgIpc) is 3.61. The molecule has 0 amide bonds. The van der Waals surface area contributed by atoms with Gasteiger partial charge in [0.15, 0.2) is 0 Å². The summed E-state index contributed by atoms with van der Waals surface area (Å²) in [6, 6.07) is 39.5. The molecule has 8 rings (SSSR count). The number of pyridine rings is 3. The van der Waals surface area contributed by atoms with E-state index in [1.54, 1.807) is 30.3 Å². The van der Waals surface area contributed by atoms with Crippen LogP contribution in [0.15, 0.2) is 132 Å². The number of nitrogens with zero attached hydrogens (tertiary/aromatic N) is 3. The molecular formula is C45H38FIrN3OSi-2. The van der Waals surface area contributed by atoms with Gasteiger partial charge < -0.3 is 14.4 Å². The van der Waals surface area contributed by atoms with E-state index >= 15 is 0 Å². The monoisotopic (exact) mass is 884 g/mol. The minimum atomic E-state index is -2.45. The van der Waals surface area contributed by atoms with Crippen LogP contribution in [0, 0.1) is 31.7 Å². The van der Waals surface area contributed by atoms with E-state index in [0.29, 0.717) is 33.3 Å². The zero-order valence-corrected chi connectivity index (χ0v) is 32.0. The number of hydrogen-bond donors (Lipinski definition) is 0. The second-order valence-corrected chi connectivity index (χ2v) is 18.0. The molecule has 261 valence electrons. The van der Waals surface area contributed by atoms with Crippen molar-refractivity contribution in [3.8, 4) is 33.6 Å². The number of halogens is 1. The molecule has 4 nitrogen and oxygen atoms in total.